The lowest BCUT2D eigenvalue weighted by Gasteiger charge is -2.19. The first kappa shape index (κ1) is 18.2. The minimum atomic E-state index is -5.08. The maximum absolute atomic E-state index is 10.6. The Hall–Kier alpha value is -2.80. The lowest BCUT2D eigenvalue weighted by molar-refractivity contribution is -0.192. The number of benzene rings is 1. The predicted molar refractivity (Wildman–Crippen MR) is 71.9 cm³/mol. The zero-order valence-corrected chi connectivity index (χ0v) is 11.6. The van der Waals surface area contributed by atoms with Gasteiger partial charge in [-0.05, 0) is 30.2 Å². The fraction of sp³-hybridized carbons (Fsp3) is 0.308. The van der Waals surface area contributed by atoms with Gasteiger partial charge < -0.3 is 15.5 Å². The van der Waals surface area contributed by atoms with Crippen molar-refractivity contribution < 1.29 is 33.0 Å². The summed E-state index contributed by atoms with van der Waals surface area (Å²) in [7, 11) is 0. The van der Waals surface area contributed by atoms with Crippen molar-refractivity contribution in [3.05, 3.63) is 28.8 Å². The first-order chi connectivity index (χ1) is 10.7. The third kappa shape index (κ3) is 5.15. The van der Waals surface area contributed by atoms with Crippen molar-refractivity contribution in [1.82, 2.24) is 5.32 Å². The van der Waals surface area contributed by atoms with Crippen LogP contribution in [0.25, 0.3) is 0 Å². The summed E-state index contributed by atoms with van der Waals surface area (Å²) in [6.45, 7) is 1.55. The first-order valence-electron chi connectivity index (χ1n) is 6.22. The fourth-order valence-corrected chi connectivity index (χ4v) is 1.93. The molecule has 4 N–H and O–H groups in total. The van der Waals surface area contributed by atoms with Crippen LogP contribution in [0.1, 0.15) is 16.7 Å². The summed E-state index contributed by atoms with van der Waals surface area (Å²) >= 11 is 0. The second kappa shape index (κ2) is 7.46. The number of carbonyl (C=O) groups is 2. The quantitative estimate of drug-likeness (QED) is 0.623. The van der Waals surface area contributed by atoms with Crippen molar-refractivity contribution in [3.63, 3.8) is 0 Å². The first-order valence-corrected chi connectivity index (χ1v) is 6.22. The molecule has 0 atom stereocenters. The lowest BCUT2D eigenvalue weighted by atomic mass is 9.94. The van der Waals surface area contributed by atoms with Gasteiger partial charge in [-0.1, -0.05) is 6.07 Å². The number of amides is 1. The molecule has 0 aliphatic carbocycles. The monoisotopic (exact) mass is 331 g/mol. The summed E-state index contributed by atoms with van der Waals surface area (Å²) in [6, 6.07) is 5.57. The van der Waals surface area contributed by atoms with Crippen molar-refractivity contribution in [2.75, 3.05) is 11.9 Å². The van der Waals surface area contributed by atoms with Gasteiger partial charge in [0.05, 0.1) is 11.3 Å². The standard InChI is InChI=1S/C11H11N3O2.C2HF3O2/c12-5-9-8-3-4-13-6-7(8)1-2-10(9)14-11(15)16;3-2(4,5)1(6)7/h1-2,13-14H,3-4,6H2,(H,15,16);(H,6,7). The maximum atomic E-state index is 10.6. The summed E-state index contributed by atoms with van der Waals surface area (Å²) in [4.78, 5) is 19.5. The Morgan fingerprint density at radius 1 is 1.30 bits per heavy atom. The number of nitrogens with zero attached hydrogens (tertiary/aromatic N) is 1. The summed E-state index contributed by atoms with van der Waals surface area (Å²) in [6.07, 6.45) is -5.47. The van der Waals surface area contributed by atoms with Crippen LogP contribution in [0.4, 0.5) is 23.7 Å². The summed E-state index contributed by atoms with van der Waals surface area (Å²) in [5.41, 5.74) is 2.84. The van der Waals surface area contributed by atoms with Crippen LogP contribution in [-0.4, -0.2) is 35.0 Å². The Morgan fingerprint density at radius 3 is 2.39 bits per heavy atom. The zero-order chi connectivity index (χ0) is 17.6. The third-order valence-electron chi connectivity index (χ3n) is 2.87. The van der Waals surface area contributed by atoms with E-state index in [-0.39, 0.29) is 0 Å². The summed E-state index contributed by atoms with van der Waals surface area (Å²) < 4.78 is 31.7. The number of nitrogens with one attached hydrogen (secondary N) is 2. The zero-order valence-electron chi connectivity index (χ0n) is 11.6. The molecule has 1 aromatic rings. The highest BCUT2D eigenvalue weighted by Gasteiger charge is 2.38. The van der Waals surface area contributed by atoms with E-state index in [4.69, 9.17) is 20.3 Å². The Kier molecular flexibility index (Phi) is 5.92. The van der Waals surface area contributed by atoms with Crippen LogP contribution < -0.4 is 10.6 Å². The molecule has 1 aliphatic heterocycles. The van der Waals surface area contributed by atoms with Crippen molar-refractivity contribution in [1.29, 1.82) is 5.26 Å². The van der Waals surface area contributed by atoms with Crippen molar-refractivity contribution >= 4 is 17.7 Å². The smallest absolute Gasteiger partial charge is 0.475 e. The third-order valence-corrected chi connectivity index (χ3v) is 2.87. The number of anilines is 1. The van der Waals surface area contributed by atoms with Crippen LogP contribution >= 0.6 is 0 Å². The normalized spacial score (nSPS) is 13.0. The predicted octanol–water partition coefficient (Wildman–Crippen LogP) is 1.93. The van der Waals surface area contributed by atoms with Crippen LogP contribution in [0.15, 0.2) is 12.1 Å². The van der Waals surface area contributed by atoms with Crippen LogP contribution in [-0.2, 0) is 17.8 Å². The van der Waals surface area contributed by atoms with E-state index < -0.39 is 18.2 Å². The second-order valence-electron chi connectivity index (χ2n) is 4.40. The molecule has 0 saturated carbocycles. The van der Waals surface area contributed by atoms with Gasteiger partial charge in [0.25, 0.3) is 0 Å². The number of nitriles is 1. The Labute approximate surface area is 128 Å². The molecule has 0 aromatic heterocycles. The minimum Gasteiger partial charge on any atom is -0.475 e. The van der Waals surface area contributed by atoms with E-state index >= 15 is 0 Å². The molecule has 0 unspecified atom stereocenters. The molecule has 7 nitrogen and oxygen atoms in total. The van der Waals surface area contributed by atoms with Gasteiger partial charge in [0.15, 0.2) is 0 Å². The molecular formula is C13H12F3N3O4. The van der Waals surface area contributed by atoms with Crippen LogP contribution in [0.5, 0.6) is 0 Å². The SMILES string of the molecule is N#Cc1c(NC(=O)O)ccc2c1CCNC2.O=C(O)C(F)(F)F. The van der Waals surface area contributed by atoms with Gasteiger partial charge in [-0.25, -0.2) is 9.59 Å². The number of hydrogen-bond donors (Lipinski definition) is 4. The van der Waals surface area contributed by atoms with Crippen molar-refractivity contribution in [2.45, 2.75) is 19.1 Å². The van der Waals surface area contributed by atoms with E-state index in [2.05, 4.69) is 16.7 Å². The number of fused-ring (bicyclic) bond motifs is 1. The Balaban J connectivity index is 0.000000322. The molecule has 1 amide bonds. The minimum absolute atomic E-state index is 0.371. The number of aliphatic carboxylic acids is 1. The van der Waals surface area contributed by atoms with Gasteiger partial charge in [0.1, 0.15) is 6.07 Å². The van der Waals surface area contributed by atoms with Gasteiger partial charge in [0, 0.05) is 6.54 Å². The van der Waals surface area contributed by atoms with E-state index in [0.717, 1.165) is 30.6 Å². The highest BCUT2D eigenvalue weighted by Crippen LogP contribution is 2.25. The van der Waals surface area contributed by atoms with Crippen molar-refractivity contribution in [2.24, 2.45) is 0 Å². The summed E-state index contributed by atoms with van der Waals surface area (Å²) in [5.74, 6) is -2.76. The molecular weight excluding hydrogens is 319 g/mol. The second-order valence-corrected chi connectivity index (χ2v) is 4.40. The largest absolute Gasteiger partial charge is 0.490 e. The van der Waals surface area contributed by atoms with Gasteiger partial charge in [0.2, 0.25) is 0 Å². The average molecular weight is 331 g/mol. The summed E-state index contributed by atoms with van der Waals surface area (Å²) in [5, 5.41) is 30.3. The van der Waals surface area contributed by atoms with E-state index in [0.29, 0.717) is 11.3 Å². The van der Waals surface area contributed by atoms with Crippen LogP contribution in [0, 0.1) is 11.3 Å². The number of alkyl halides is 3. The van der Waals surface area contributed by atoms with Gasteiger partial charge >= 0.3 is 18.2 Å². The number of halogens is 3. The highest BCUT2D eigenvalue weighted by molar-refractivity contribution is 5.85. The van der Waals surface area contributed by atoms with E-state index in [9.17, 15) is 18.0 Å². The molecule has 124 valence electrons. The molecule has 2 rings (SSSR count). The van der Waals surface area contributed by atoms with Gasteiger partial charge in [-0.3, -0.25) is 5.32 Å². The van der Waals surface area contributed by atoms with Gasteiger partial charge in [-0.2, -0.15) is 18.4 Å². The number of carboxylic acids is 1. The highest BCUT2D eigenvalue weighted by atomic mass is 19.4. The molecule has 0 saturated heterocycles. The molecule has 1 heterocycles. The maximum Gasteiger partial charge on any atom is 0.490 e. The molecule has 1 aromatic carbocycles. The van der Waals surface area contributed by atoms with Crippen LogP contribution in [0.2, 0.25) is 0 Å². The van der Waals surface area contributed by atoms with Crippen molar-refractivity contribution in [3.8, 4) is 6.07 Å². The van der Waals surface area contributed by atoms with Crippen LogP contribution in [0.3, 0.4) is 0 Å². The Morgan fingerprint density at radius 2 is 1.91 bits per heavy atom. The van der Waals surface area contributed by atoms with E-state index in [1.807, 2.05) is 6.07 Å². The van der Waals surface area contributed by atoms with E-state index in [1.165, 1.54) is 0 Å². The molecule has 23 heavy (non-hydrogen) atoms. The molecule has 0 radical (unpaired) electrons. The molecule has 10 heteroatoms. The number of rotatable bonds is 1. The molecule has 0 bridgehead atoms. The number of carboxylic acid groups (broad SMARTS) is 2. The number of hydrogen-bond acceptors (Lipinski definition) is 4. The molecule has 0 fully saturated rings. The van der Waals surface area contributed by atoms with Gasteiger partial charge in [-0.15, -0.1) is 0 Å². The Bertz CT molecular complexity index is 653. The lowest BCUT2D eigenvalue weighted by Crippen LogP contribution is -2.25. The molecule has 1 aliphatic rings. The molecule has 0 spiro atoms. The topological polar surface area (TPSA) is 122 Å². The average Bonchev–Trinajstić information content (AvgIpc) is 2.46. The van der Waals surface area contributed by atoms with E-state index in [1.54, 1.807) is 6.07 Å². The fourth-order valence-electron chi connectivity index (χ4n) is 1.93.